The summed E-state index contributed by atoms with van der Waals surface area (Å²) in [6, 6.07) is 18.8. The van der Waals surface area contributed by atoms with Crippen LogP contribution < -0.4 is 0 Å². The zero-order chi connectivity index (χ0) is 12.4. The van der Waals surface area contributed by atoms with Gasteiger partial charge in [-0.3, -0.25) is 4.98 Å². The quantitative estimate of drug-likeness (QED) is 0.674. The highest BCUT2D eigenvalue weighted by Crippen LogP contribution is 2.26. The van der Waals surface area contributed by atoms with Crippen LogP contribution in [0.15, 0.2) is 65.3 Å². The number of aromatic nitrogens is 1. The van der Waals surface area contributed by atoms with Crippen LogP contribution in [0.3, 0.4) is 0 Å². The van der Waals surface area contributed by atoms with Crippen molar-refractivity contribution in [3.8, 4) is 0 Å². The lowest BCUT2D eigenvalue weighted by Crippen LogP contribution is -1.92. The van der Waals surface area contributed by atoms with Gasteiger partial charge in [0.25, 0.3) is 0 Å². The molecule has 0 bridgehead atoms. The Bertz CT molecular complexity index is 677. The molecule has 0 atom stereocenters. The summed E-state index contributed by atoms with van der Waals surface area (Å²) in [5, 5.41) is 1.17. The minimum atomic E-state index is 0.918. The summed E-state index contributed by atoms with van der Waals surface area (Å²) in [5.74, 6) is 0. The van der Waals surface area contributed by atoms with Gasteiger partial charge in [0, 0.05) is 16.1 Å². The molecule has 1 aromatic heterocycles. The van der Waals surface area contributed by atoms with E-state index in [1.54, 1.807) is 0 Å². The average molecular weight is 298 g/mol. The zero-order valence-electron chi connectivity index (χ0n) is 9.81. The number of fused-ring (bicyclic) bond motifs is 1. The van der Waals surface area contributed by atoms with E-state index in [0.717, 1.165) is 16.4 Å². The van der Waals surface area contributed by atoms with Gasteiger partial charge in [-0.05, 0) is 29.7 Å². The lowest BCUT2D eigenvalue weighted by Gasteiger charge is -2.07. The number of pyridine rings is 1. The summed E-state index contributed by atoms with van der Waals surface area (Å²) in [6.07, 6.45) is 2.77. The lowest BCUT2D eigenvalue weighted by molar-refractivity contribution is 1.19. The number of halogens is 1. The van der Waals surface area contributed by atoms with Gasteiger partial charge in [-0.15, -0.1) is 0 Å². The maximum atomic E-state index is 4.51. The van der Waals surface area contributed by atoms with Crippen LogP contribution in [-0.2, 0) is 6.42 Å². The lowest BCUT2D eigenvalue weighted by atomic mass is 10.0. The molecule has 3 aromatic rings. The molecule has 0 amide bonds. The Balaban J connectivity index is 2.10. The van der Waals surface area contributed by atoms with Crippen molar-refractivity contribution < 1.29 is 0 Å². The van der Waals surface area contributed by atoms with E-state index < -0.39 is 0 Å². The van der Waals surface area contributed by atoms with Crippen molar-refractivity contribution in [1.29, 1.82) is 0 Å². The van der Waals surface area contributed by atoms with Crippen molar-refractivity contribution in [2.24, 2.45) is 0 Å². The average Bonchev–Trinajstić information content (AvgIpc) is 2.44. The highest BCUT2D eigenvalue weighted by Gasteiger charge is 2.05. The summed E-state index contributed by atoms with van der Waals surface area (Å²) in [6.45, 7) is 0. The molecular formula is C16H12BrN. The molecule has 88 valence electrons. The predicted molar refractivity (Wildman–Crippen MR) is 78.7 cm³/mol. The second-order valence-electron chi connectivity index (χ2n) is 4.27. The van der Waals surface area contributed by atoms with E-state index in [1.807, 2.05) is 18.3 Å². The minimum Gasteiger partial charge on any atom is -0.256 e. The monoisotopic (exact) mass is 297 g/mol. The molecule has 1 heterocycles. The molecule has 18 heavy (non-hydrogen) atoms. The Morgan fingerprint density at radius 1 is 0.889 bits per heavy atom. The van der Waals surface area contributed by atoms with Crippen molar-refractivity contribution in [2.75, 3.05) is 0 Å². The SMILES string of the molecule is Brc1ccc(Cc2ccccc2)c2ncccc12. The molecule has 0 aliphatic rings. The van der Waals surface area contributed by atoms with Gasteiger partial charge in [0.15, 0.2) is 0 Å². The first-order chi connectivity index (χ1) is 8.84. The Morgan fingerprint density at radius 3 is 2.56 bits per heavy atom. The summed E-state index contributed by atoms with van der Waals surface area (Å²) >= 11 is 3.58. The normalized spacial score (nSPS) is 10.7. The fourth-order valence-corrected chi connectivity index (χ4v) is 2.61. The molecular weight excluding hydrogens is 286 g/mol. The summed E-state index contributed by atoms with van der Waals surface area (Å²) in [4.78, 5) is 4.51. The summed E-state index contributed by atoms with van der Waals surface area (Å²) < 4.78 is 1.10. The van der Waals surface area contributed by atoms with Crippen molar-refractivity contribution in [3.63, 3.8) is 0 Å². The van der Waals surface area contributed by atoms with E-state index in [9.17, 15) is 0 Å². The van der Waals surface area contributed by atoms with Crippen LogP contribution in [0.5, 0.6) is 0 Å². The standard InChI is InChI=1S/C16H12BrN/c17-15-9-8-13(11-12-5-2-1-3-6-12)16-14(15)7-4-10-18-16/h1-10H,11H2. The Morgan fingerprint density at radius 2 is 1.72 bits per heavy atom. The van der Waals surface area contributed by atoms with Crippen molar-refractivity contribution in [2.45, 2.75) is 6.42 Å². The third-order valence-corrected chi connectivity index (χ3v) is 3.73. The van der Waals surface area contributed by atoms with Crippen molar-refractivity contribution in [1.82, 2.24) is 4.98 Å². The number of rotatable bonds is 2. The van der Waals surface area contributed by atoms with Crippen molar-refractivity contribution in [3.05, 3.63) is 76.4 Å². The highest BCUT2D eigenvalue weighted by atomic mass is 79.9. The van der Waals surface area contributed by atoms with Gasteiger partial charge in [0.2, 0.25) is 0 Å². The van der Waals surface area contributed by atoms with E-state index >= 15 is 0 Å². The summed E-state index contributed by atoms with van der Waals surface area (Å²) in [7, 11) is 0. The van der Waals surface area contributed by atoms with Gasteiger partial charge in [-0.1, -0.05) is 58.4 Å². The smallest absolute Gasteiger partial charge is 0.0748 e. The van der Waals surface area contributed by atoms with Crippen LogP contribution in [0, 0.1) is 0 Å². The third-order valence-electron chi connectivity index (χ3n) is 3.04. The van der Waals surface area contributed by atoms with Gasteiger partial charge < -0.3 is 0 Å². The van der Waals surface area contributed by atoms with E-state index in [1.165, 1.54) is 16.5 Å². The van der Waals surface area contributed by atoms with Gasteiger partial charge in [-0.25, -0.2) is 0 Å². The molecule has 0 aliphatic heterocycles. The molecule has 0 radical (unpaired) electrons. The first-order valence-corrected chi connectivity index (χ1v) is 6.70. The van der Waals surface area contributed by atoms with Gasteiger partial charge in [0.1, 0.15) is 0 Å². The second-order valence-corrected chi connectivity index (χ2v) is 5.12. The maximum Gasteiger partial charge on any atom is 0.0748 e. The molecule has 2 aromatic carbocycles. The van der Waals surface area contributed by atoms with Gasteiger partial charge in [0.05, 0.1) is 5.52 Å². The number of nitrogens with zero attached hydrogens (tertiary/aromatic N) is 1. The largest absolute Gasteiger partial charge is 0.256 e. The van der Waals surface area contributed by atoms with Crippen molar-refractivity contribution >= 4 is 26.8 Å². The molecule has 0 unspecified atom stereocenters. The van der Waals surface area contributed by atoms with Crippen LogP contribution in [-0.4, -0.2) is 4.98 Å². The molecule has 1 nitrogen and oxygen atoms in total. The van der Waals surface area contributed by atoms with Gasteiger partial charge in [-0.2, -0.15) is 0 Å². The zero-order valence-corrected chi connectivity index (χ0v) is 11.4. The summed E-state index contributed by atoms with van der Waals surface area (Å²) in [5.41, 5.74) is 3.66. The number of benzene rings is 2. The van der Waals surface area contributed by atoms with E-state index in [4.69, 9.17) is 0 Å². The predicted octanol–water partition coefficient (Wildman–Crippen LogP) is 4.59. The van der Waals surface area contributed by atoms with Crippen LogP contribution >= 0.6 is 15.9 Å². The molecule has 0 aliphatic carbocycles. The fourth-order valence-electron chi connectivity index (χ4n) is 2.15. The Labute approximate surface area is 115 Å². The minimum absolute atomic E-state index is 0.918. The third kappa shape index (κ3) is 2.16. The number of hydrogen-bond acceptors (Lipinski definition) is 1. The first kappa shape index (κ1) is 11.4. The molecule has 3 rings (SSSR count). The van der Waals surface area contributed by atoms with E-state index in [2.05, 4.69) is 63.4 Å². The number of hydrogen-bond donors (Lipinski definition) is 0. The topological polar surface area (TPSA) is 12.9 Å². The van der Waals surface area contributed by atoms with Crippen LogP contribution in [0.2, 0.25) is 0 Å². The second kappa shape index (κ2) is 4.91. The molecule has 0 N–H and O–H groups in total. The Kier molecular flexibility index (Phi) is 3.11. The molecule has 2 heteroatoms. The molecule has 0 fully saturated rings. The maximum absolute atomic E-state index is 4.51. The fraction of sp³-hybridized carbons (Fsp3) is 0.0625. The van der Waals surface area contributed by atoms with E-state index in [-0.39, 0.29) is 0 Å². The molecule has 0 spiro atoms. The Hall–Kier alpha value is -1.67. The van der Waals surface area contributed by atoms with Gasteiger partial charge >= 0.3 is 0 Å². The molecule has 0 saturated carbocycles. The molecule has 0 saturated heterocycles. The van der Waals surface area contributed by atoms with E-state index in [0.29, 0.717) is 0 Å². The highest BCUT2D eigenvalue weighted by molar-refractivity contribution is 9.10. The van der Waals surface area contributed by atoms with Crippen LogP contribution in [0.4, 0.5) is 0 Å². The first-order valence-electron chi connectivity index (χ1n) is 5.90. The van der Waals surface area contributed by atoms with Crippen LogP contribution in [0.25, 0.3) is 10.9 Å². The van der Waals surface area contributed by atoms with Crippen LogP contribution in [0.1, 0.15) is 11.1 Å².